The average Bonchev–Trinajstić information content (AvgIpc) is 3.00. The molecule has 1 aliphatic heterocycles. The molecular formula is C18H9FO4. The lowest BCUT2D eigenvalue weighted by Crippen LogP contribution is -2.03. The van der Waals surface area contributed by atoms with Gasteiger partial charge in [0.1, 0.15) is 17.0 Å². The maximum atomic E-state index is 13.5. The van der Waals surface area contributed by atoms with E-state index in [1.807, 2.05) is 12.1 Å². The zero-order valence-corrected chi connectivity index (χ0v) is 11.8. The van der Waals surface area contributed by atoms with Crippen molar-refractivity contribution in [3.63, 3.8) is 0 Å². The lowest BCUT2D eigenvalue weighted by atomic mass is 10.0. The quantitative estimate of drug-likeness (QED) is 0.364. The third-order valence-electron chi connectivity index (χ3n) is 4.11. The first-order valence-corrected chi connectivity index (χ1v) is 7.09. The minimum absolute atomic E-state index is 0.159. The van der Waals surface area contributed by atoms with Gasteiger partial charge in [-0.2, -0.15) is 0 Å². The summed E-state index contributed by atoms with van der Waals surface area (Å²) in [7, 11) is 0. The number of hydrogen-bond acceptors (Lipinski definition) is 4. The second kappa shape index (κ2) is 4.23. The Morgan fingerprint density at radius 3 is 2.52 bits per heavy atom. The Hall–Kier alpha value is -3.08. The van der Waals surface area contributed by atoms with Crippen molar-refractivity contribution in [3.05, 3.63) is 58.5 Å². The highest BCUT2D eigenvalue weighted by molar-refractivity contribution is 6.09. The third-order valence-corrected chi connectivity index (χ3v) is 4.11. The second-order valence-electron chi connectivity index (χ2n) is 5.44. The van der Waals surface area contributed by atoms with E-state index in [0.717, 1.165) is 5.39 Å². The number of ether oxygens (including phenoxy) is 2. The normalized spacial score (nSPS) is 13.3. The molecule has 0 fully saturated rings. The van der Waals surface area contributed by atoms with Gasteiger partial charge in [-0.25, -0.2) is 4.39 Å². The van der Waals surface area contributed by atoms with Gasteiger partial charge in [0.05, 0.1) is 10.8 Å². The van der Waals surface area contributed by atoms with Crippen LogP contribution < -0.4 is 14.9 Å². The summed E-state index contributed by atoms with van der Waals surface area (Å²) in [6.45, 7) is 0.159. The second-order valence-corrected chi connectivity index (χ2v) is 5.44. The van der Waals surface area contributed by atoms with Crippen molar-refractivity contribution in [2.45, 2.75) is 0 Å². The van der Waals surface area contributed by atoms with Gasteiger partial charge >= 0.3 is 0 Å². The Kier molecular flexibility index (Phi) is 2.29. The van der Waals surface area contributed by atoms with Crippen LogP contribution in [-0.2, 0) is 0 Å². The maximum absolute atomic E-state index is 13.5. The Labute approximate surface area is 128 Å². The first kappa shape index (κ1) is 12.5. The molecule has 0 bridgehead atoms. The van der Waals surface area contributed by atoms with Gasteiger partial charge in [0.2, 0.25) is 12.2 Å². The van der Waals surface area contributed by atoms with E-state index in [1.165, 1.54) is 18.2 Å². The van der Waals surface area contributed by atoms with E-state index in [9.17, 15) is 9.18 Å². The summed E-state index contributed by atoms with van der Waals surface area (Å²) in [6, 6.07) is 11.1. The van der Waals surface area contributed by atoms with Crippen LogP contribution in [0.3, 0.4) is 0 Å². The van der Waals surface area contributed by atoms with Crippen LogP contribution in [0.2, 0.25) is 0 Å². The highest BCUT2D eigenvalue weighted by Crippen LogP contribution is 2.38. The minimum Gasteiger partial charge on any atom is -0.456 e. The van der Waals surface area contributed by atoms with Gasteiger partial charge in [-0.05, 0) is 41.8 Å². The smallest absolute Gasteiger partial charge is 0.231 e. The first-order chi connectivity index (χ1) is 11.2. The zero-order chi connectivity index (χ0) is 15.6. The maximum Gasteiger partial charge on any atom is 0.231 e. The molecule has 5 rings (SSSR count). The van der Waals surface area contributed by atoms with Crippen LogP contribution in [0, 0.1) is 5.82 Å². The molecule has 0 unspecified atom stereocenters. The van der Waals surface area contributed by atoms with Crippen molar-refractivity contribution in [2.24, 2.45) is 0 Å². The third kappa shape index (κ3) is 1.67. The van der Waals surface area contributed by atoms with Crippen molar-refractivity contribution in [2.75, 3.05) is 6.79 Å². The van der Waals surface area contributed by atoms with Gasteiger partial charge < -0.3 is 13.9 Å². The molecule has 0 N–H and O–H groups in total. The molecule has 0 aliphatic carbocycles. The van der Waals surface area contributed by atoms with Crippen LogP contribution in [0.25, 0.3) is 32.7 Å². The first-order valence-electron chi connectivity index (χ1n) is 7.09. The van der Waals surface area contributed by atoms with Gasteiger partial charge in [-0.3, -0.25) is 4.79 Å². The fourth-order valence-corrected chi connectivity index (χ4v) is 3.03. The van der Waals surface area contributed by atoms with Crippen LogP contribution >= 0.6 is 0 Å². The Morgan fingerprint density at radius 1 is 0.870 bits per heavy atom. The minimum atomic E-state index is -0.470. The molecule has 4 nitrogen and oxygen atoms in total. The van der Waals surface area contributed by atoms with E-state index in [1.54, 1.807) is 12.1 Å². The lowest BCUT2D eigenvalue weighted by molar-refractivity contribution is 0.174. The molecule has 0 atom stereocenters. The summed E-state index contributed by atoms with van der Waals surface area (Å²) in [5, 5.41) is 2.18. The van der Waals surface area contributed by atoms with Crippen molar-refractivity contribution in [1.29, 1.82) is 0 Å². The number of benzene rings is 3. The monoisotopic (exact) mass is 308 g/mol. The molecule has 0 radical (unpaired) electrons. The molecule has 0 saturated heterocycles. The van der Waals surface area contributed by atoms with E-state index in [4.69, 9.17) is 13.9 Å². The number of halogens is 1. The number of fused-ring (bicyclic) bond motifs is 5. The fraction of sp³-hybridized carbons (Fsp3) is 0.0556. The molecule has 0 spiro atoms. The van der Waals surface area contributed by atoms with Gasteiger partial charge in [-0.15, -0.1) is 0 Å². The van der Waals surface area contributed by atoms with Crippen molar-refractivity contribution >= 4 is 32.7 Å². The van der Waals surface area contributed by atoms with E-state index in [0.29, 0.717) is 33.4 Å². The van der Waals surface area contributed by atoms with Crippen LogP contribution in [0.5, 0.6) is 11.5 Å². The topological polar surface area (TPSA) is 48.7 Å². The summed E-state index contributed by atoms with van der Waals surface area (Å²) < 4.78 is 30.0. The van der Waals surface area contributed by atoms with Gasteiger partial charge in [0, 0.05) is 5.39 Å². The van der Waals surface area contributed by atoms with Crippen LogP contribution in [0.15, 0.2) is 51.7 Å². The molecule has 1 aliphatic rings. The van der Waals surface area contributed by atoms with Gasteiger partial charge in [0.25, 0.3) is 0 Å². The van der Waals surface area contributed by atoms with Gasteiger partial charge in [-0.1, -0.05) is 6.07 Å². The van der Waals surface area contributed by atoms with Crippen LogP contribution in [0.1, 0.15) is 0 Å². The molecule has 0 saturated carbocycles. The van der Waals surface area contributed by atoms with Crippen molar-refractivity contribution < 1.29 is 18.3 Å². The number of hydrogen-bond donors (Lipinski definition) is 0. The summed E-state index contributed by atoms with van der Waals surface area (Å²) in [5.74, 6) is 0.763. The van der Waals surface area contributed by atoms with Crippen LogP contribution in [-0.4, -0.2) is 6.79 Å². The largest absolute Gasteiger partial charge is 0.456 e. The highest BCUT2D eigenvalue weighted by Gasteiger charge is 2.18. The van der Waals surface area contributed by atoms with Crippen molar-refractivity contribution in [3.8, 4) is 11.5 Å². The molecule has 112 valence electrons. The molecule has 3 aromatic carbocycles. The van der Waals surface area contributed by atoms with E-state index in [-0.39, 0.29) is 17.6 Å². The van der Waals surface area contributed by atoms with E-state index in [2.05, 4.69) is 0 Å². The Bertz CT molecular complexity index is 1180. The molecule has 4 aromatic rings. The molecular weight excluding hydrogens is 299 g/mol. The Morgan fingerprint density at radius 2 is 1.65 bits per heavy atom. The molecule has 1 aromatic heterocycles. The van der Waals surface area contributed by atoms with Gasteiger partial charge in [0.15, 0.2) is 11.5 Å². The number of rotatable bonds is 0. The lowest BCUT2D eigenvalue weighted by Gasteiger charge is -2.06. The van der Waals surface area contributed by atoms with E-state index < -0.39 is 5.82 Å². The zero-order valence-electron chi connectivity index (χ0n) is 11.8. The average molecular weight is 308 g/mol. The van der Waals surface area contributed by atoms with Crippen molar-refractivity contribution in [1.82, 2.24) is 0 Å². The predicted octanol–water partition coefficient (Wildman–Crippen LogP) is 3.97. The predicted molar refractivity (Wildman–Crippen MR) is 83.6 cm³/mol. The van der Waals surface area contributed by atoms with Crippen LogP contribution in [0.4, 0.5) is 4.39 Å². The summed E-state index contributed by atoms with van der Waals surface area (Å²) in [6.07, 6.45) is 0. The molecule has 23 heavy (non-hydrogen) atoms. The summed E-state index contributed by atoms with van der Waals surface area (Å²) in [5.41, 5.74) is 0.565. The Balaban J connectivity index is 2.01. The van der Waals surface area contributed by atoms with E-state index >= 15 is 0 Å². The molecule has 5 heteroatoms. The molecule has 2 heterocycles. The summed E-state index contributed by atoms with van der Waals surface area (Å²) >= 11 is 0. The SMILES string of the molecule is O=c1c2cc(F)ccc2oc2ccc3cc4c(cc3c12)OCO4. The highest BCUT2D eigenvalue weighted by atomic mass is 19.1. The fourth-order valence-electron chi connectivity index (χ4n) is 3.03. The standard InChI is InChI=1S/C18H9FO4/c19-10-2-4-13-12(6-10)18(20)17-11-7-16-15(21-8-22-16)5-9(11)1-3-14(17)23-13/h1-7H,8H2. The summed E-state index contributed by atoms with van der Waals surface area (Å²) in [4.78, 5) is 12.9. The molecule has 0 amide bonds.